The van der Waals surface area contributed by atoms with Crippen LogP contribution in [0.1, 0.15) is 38.0 Å². The van der Waals surface area contributed by atoms with Crippen molar-refractivity contribution < 1.29 is 18.8 Å². The summed E-state index contributed by atoms with van der Waals surface area (Å²) in [5.74, 6) is 1.24. The Labute approximate surface area is 306 Å². The van der Waals surface area contributed by atoms with Crippen molar-refractivity contribution in [3.8, 4) is 11.4 Å². The average Bonchev–Trinajstić information content (AvgIpc) is 3.89. The van der Waals surface area contributed by atoms with Crippen LogP contribution in [0.15, 0.2) is 169 Å². The number of anilines is 2. The summed E-state index contributed by atoms with van der Waals surface area (Å²) < 4.78 is 12.0. The fourth-order valence-electron chi connectivity index (χ4n) is 5.09. The number of tetrazole rings is 1. The van der Waals surface area contributed by atoms with Crippen molar-refractivity contribution in [3.63, 3.8) is 0 Å². The van der Waals surface area contributed by atoms with Gasteiger partial charge in [-0.15, -0.1) is 5.10 Å². The van der Waals surface area contributed by atoms with Gasteiger partial charge in [-0.25, -0.2) is 0 Å². The highest BCUT2D eigenvalue weighted by Crippen LogP contribution is 2.23. The monoisotopic (exact) mass is 701 g/mol. The van der Waals surface area contributed by atoms with Crippen molar-refractivity contribution >= 4 is 34.1 Å². The van der Waals surface area contributed by atoms with Crippen molar-refractivity contribution in [2.75, 3.05) is 17.7 Å². The Morgan fingerprint density at radius 3 is 1.72 bits per heavy atom. The number of hydrogen-bond donors (Lipinski definition) is 2. The maximum Gasteiger partial charge on any atom is 0.198 e. The van der Waals surface area contributed by atoms with E-state index in [0.717, 1.165) is 22.8 Å². The predicted molar refractivity (Wildman–Crippen MR) is 205 cm³/mol. The van der Waals surface area contributed by atoms with Gasteiger partial charge in [-0.05, 0) is 65.9 Å². The van der Waals surface area contributed by atoms with E-state index in [0.29, 0.717) is 39.6 Å². The van der Waals surface area contributed by atoms with Gasteiger partial charge in [0.25, 0.3) is 0 Å². The summed E-state index contributed by atoms with van der Waals surface area (Å²) in [6.07, 6.45) is 3.28. The molecule has 2 aromatic heterocycles. The number of carbonyl (C=O) groups excluding carboxylic acids is 2. The third-order valence-electron chi connectivity index (χ3n) is 7.80. The molecule has 0 aliphatic rings. The second-order valence-electron chi connectivity index (χ2n) is 11.5. The van der Waals surface area contributed by atoms with E-state index in [1.54, 1.807) is 54.5 Å². The van der Waals surface area contributed by atoms with Gasteiger partial charge in [0.2, 0.25) is 0 Å². The first-order valence-corrected chi connectivity index (χ1v) is 16.6. The predicted octanol–water partition coefficient (Wildman–Crippen LogP) is 8.33. The van der Waals surface area contributed by atoms with Crippen LogP contribution in [0.25, 0.3) is 16.8 Å². The first-order valence-electron chi connectivity index (χ1n) is 16.6. The Balaban J connectivity index is 0.000000183. The molecule has 0 bridgehead atoms. The quantitative estimate of drug-likeness (QED) is 0.0945. The zero-order valence-corrected chi connectivity index (χ0v) is 29.0. The highest BCUT2D eigenvalue weighted by molar-refractivity contribution is 6.29. The number of aryl methyl sites for hydroxylation is 1. The molecule has 53 heavy (non-hydrogen) atoms. The molecule has 262 valence electrons. The zero-order valence-electron chi connectivity index (χ0n) is 29.0. The second-order valence-corrected chi connectivity index (χ2v) is 11.5. The molecule has 11 heteroatoms. The van der Waals surface area contributed by atoms with Crippen molar-refractivity contribution in [3.05, 3.63) is 192 Å². The Morgan fingerprint density at radius 1 is 0.660 bits per heavy atom. The Bertz CT molecular complexity index is 2300. The number of benzene rings is 5. The molecule has 0 aliphatic carbocycles. The summed E-state index contributed by atoms with van der Waals surface area (Å²) >= 11 is 0. The van der Waals surface area contributed by atoms with Gasteiger partial charge in [0, 0.05) is 41.0 Å². The van der Waals surface area contributed by atoms with Gasteiger partial charge < -0.3 is 19.9 Å². The number of nitrogens with one attached hydrogen (secondary N) is 2. The van der Waals surface area contributed by atoms with Gasteiger partial charge in [-0.3, -0.25) is 9.59 Å². The lowest BCUT2D eigenvalue weighted by Gasteiger charge is -2.09. The van der Waals surface area contributed by atoms with Crippen LogP contribution < -0.4 is 15.4 Å². The van der Waals surface area contributed by atoms with Crippen LogP contribution in [-0.4, -0.2) is 44.0 Å². The first kappa shape index (κ1) is 35.4. The van der Waals surface area contributed by atoms with E-state index in [2.05, 4.69) is 31.3 Å². The number of Topliss-reactive ketones (excluding diaryl/α,β-unsaturated/α-hetero) is 2. The molecule has 0 spiro atoms. The molecule has 0 saturated heterocycles. The maximum absolute atomic E-state index is 13.2. The number of aromatic nitrogens is 5. The van der Waals surface area contributed by atoms with E-state index in [4.69, 9.17) is 9.26 Å². The number of allylic oxidation sites excluding steroid dienone is 2. The summed E-state index contributed by atoms with van der Waals surface area (Å²) in [5.41, 5.74) is 5.09. The first-order chi connectivity index (χ1) is 26.0. The number of nitrogens with zero attached hydrogens (tertiary/aromatic N) is 5. The van der Waals surface area contributed by atoms with Crippen LogP contribution in [0.2, 0.25) is 0 Å². The van der Waals surface area contributed by atoms with Crippen molar-refractivity contribution in [2.45, 2.75) is 6.92 Å². The Hall–Kier alpha value is -7.40. The SMILES string of the molecule is COc1ccc(NC=C(C(=O)c2ccccc2)c2cc(C)no2)cc1.O=C(C(=CNc1ccccc1)c1nnnn1-c1ccccc1)c1ccccc1. The highest BCUT2D eigenvalue weighted by atomic mass is 16.5. The number of rotatable bonds is 12. The Kier molecular flexibility index (Phi) is 11.7. The summed E-state index contributed by atoms with van der Waals surface area (Å²) in [6, 6.07) is 46.4. The minimum Gasteiger partial charge on any atom is -0.497 e. The fraction of sp³-hybridized carbons (Fsp3) is 0.0476. The molecule has 2 N–H and O–H groups in total. The van der Waals surface area contributed by atoms with E-state index >= 15 is 0 Å². The largest absolute Gasteiger partial charge is 0.497 e. The van der Waals surface area contributed by atoms with Gasteiger partial charge in [-0.1, -0.05) is 102 Å². The van der Waals surface area contributed by atoms with Crippen LogP contribution in [0.3, 0.4) is 0 Å². The summed E-state index contributed by atoms with van der Waals surface area (Å²) in [4.78, 5) is 26.1. The minimum atomic E-state index is -0.170. The van der Waals surface area contributed by atoms with E-state index in [-0.39, 0.29) is 11.6 Å². The van der Waals surface area contributed by atoms with Gasteiger partial charge in [0.15, 0.2) is 23.2 Å². The topological polar surface area (TPSA) is 137 Å². The number of carbonyl (C=O) groups is 2. The lowest BCUT2D eigenvalue weighted by Crippen LogP contribution is -2.11. The van der Waals surface area contributed by atoms with Crippen LogP contribution in [0.4, 0.5) is 11.4 Å². The van der Waals surface area contributed by atoms with Crippen LogP contribution in [-0.2, 0) is 0 Å². The minimum absolute atomic E-state index is 0.141. The number of ketones is 2. The van der Waals surface area contributed by atoms with Gasteiger partial charge in [-0.2, -0.15) is 4.68 Å². The molecule has 0 saturated carbocycles. The van der Waals surface area contributed by atoms with E-state index < -0.39 is 0 Å². The molecule has 0 atom stereocenters. The fourth-order valence-corrected chi connectivity index (χ4v) is 5.09. The molecule has 2 heterocycles. The van der Waals surface area contributed by atoms with Crippen molar-refractivity contribution in [2.24, 2.45) is 0 Å². The number of hydrogen-bond acceptors (Lipinski definition) is 10. The molecule has 0 aliphatic heterocycles. The lowest BCUT2D eigenvalue weighted by atomic mass is 10.0. The molecule has 11 nitrogen and oxygen atoms in total. The molecule has 5 aromatic carbocycles. The third-order valence-corrected chi connectivity index (χ3v) is 7.80. The number of ether oxygens (including phenoxy) is 1. The zero-order chi connectivity index (χ0) is 36.8. The van der Waals surface area contributed by atoms with Crippen molar-refractivity contribution in [1.29, 1.82) is 0 Å². The third kappa shape index (κ3) is 9.24. The standard InChI is InChI=1S/C22H17N5O.C20H18N2O3/c28-21(17-10-4-1-5-11-17)20(16-23-18-12-6-2-7-13-18)22-24-25-26-27(22)19-14-8-3-9-15-19;1-14-12-19(25-22-14)18(20(23)15-6-4-3-5-7-15)13-21-16-8-10-17(24-2)11-9-16/h1-16,23H;3-13,21H,1-2H3. The molecule has 0 fully saturated rings. The molecular formula is C42H35N7O4. The highest BCUT2D eigenvalue weighted by Gasteiger charge is 2.22. The Morgan fingerprint density at radius 2 is 1.17 bits per heavy atom. The molecular weight excluding hydrogens is 667 g/mol. The molecule has 0 unspecified atom stereocenters. The summed E-state index contributed by atoms with van der Waals surface area (Å²) in [5, 5.41) is 22.2. The molecule has 0 radical (unpaired) electrons. The smallest absolute Gasteiger partial charge is 0.198 e. The van der Waals surface area contributed by atoms with Gasteiger partial charge >= 0.3 is 0 Å². The summed E-state index contributed by atoms with van der Waals surface area (Å²) in [6.45, 7) is 1.81. The normalized spacial score (nSPS) is 11.2. The average molecular weight is 702 g/mol. The van der Waals surface area contributed by atoms with E-state index in [9.17, 15) is 9.59 Å². The van der Waals surface area contributed by atoms with Gasteiger partial charge in [0.1, 0.15) is 5.75 Å². The maximum atomic E-state index is 13.2. The molecule has 0 amide bonds. The van der Waals surface area contributed by atoms with Gasteiger partial charge in [0.05, 0.1) is 29.6 Å². The molecule has 7 aromatic rings. The number of para-hydroxylation sites is 2. The van der Waals surface area contributed by atoms with Crippen LogP contribution in [0.5, 0.6) is 5.75 Å². The summed E-state index contributed by atoms with van der Waals surface area (Å²) in [7, 11) is 1.62. The number of methoxy groups -OCH3 is 1. The van der Waals surface area contributed by atoms with Crippen molar-refractivity contribution in [1.82, 2.24) is 25.4 Å². The van der Waals surface area contributed by atoms with E-state index in [1.165, 1.54) is 0 Å². The van der Waals surface area contributed by atoms with Crippen LogP contribution >= 0.6 is 0 Å². The van der Waals surface area contributed by atoms with Crippen LogP contribution in [0, 0.1) is 6.92 Å². The second kappa shape index (κ2) is 17.5. The van der Waals surface area contributed by atoms with E-state index in [1.807, 2.05) is 128 Å². The lowest BCUT2D eigenvalue weighted by molar-refractivity contribution is 0.104. The molecule has 7 rings (SSSR count).